The highest BCUT2D eigenvalue weighted by molar-refractivity contribution is 14.1. The predicted octanol–water partition coefficient (Wildman–Crippen LogP) is 4.80. The molecule has 0 unspecified atom stereocenters. The highest BCUT2D eigenvalue weighted by atomic mass is 127. The summed E-state index contributed by atoms with van der Waals surface area (Å²) >= 11 is 4.45. The van der Waals surface area contributed by atoms with Gasteiger partial charge in [-0.1, -0.05) is 18.2 Å². The second-order valence-corrected chi connectivity index (χ2v) is 7.42. The normalized spacial score (nSPS) is 11.2. The molecule has 1 N–H and O–H groups in total. The third-order valence-electron chi connectivity index (χ3n) is 3.34. The van der Waals surface area contributed by atoms with Crippen LogP contribution in [0, 0.1) is 7.14 Å². The van der Waals surface area contributed by atoms with Gasteiger partial charge < -0.3 is 9.15 Å². The Morgan fingerprint density at radius 2 is 1.96 bits per heavy atom. The number of rotatable bonds is 5. The maximum atomic E-state index is 12.1. The molecule has 3 aromatic rings. The van der Waals surface area contributed by atoms with Crippen LogP contribution in [0.5, 0.6) is 5.75 Å². The minimum Gasteiger partial charge on any atom is -0.492 e. The highest BCUT2D eigenvalue weighted by Crippen LogP contribution is 2.28. The van der Waals surface area contributed by atoms with Gasteiger partial charge in [0.15, 0.2) is 5.76 Å². The van der Waals surface area contributed by atoms with E-state index >= 15 is 0 Å². The van der Waals surface area contributed by atoms with Crippen molar-refractivity contribution in [3.8, 4) is 5.75 Å². The topological polar surface area (TPSA) is 63.8 Å². The number of para-hydroxylation sites is 1. The van der Waals surface area contributed by atoms with Crippen molar-refractivity contribution in [2.75, 3.05) is 6.61 Å². The Kier molecular flexibility index (Phi) is 5.94. The molecule has 0 saturated heterocycles. The number of fused-ring (bicyclic) bond motifs is 1. The van der Waals surface area contributed by atoms with Crippen molar-refractivity contribution in [3.63, 3.8) is 0 Å². The lowest BCUT2D eigenvalue weighted by molar-refractivity contribution is 0.0929. The predicted molar refractivity (Wildman–Crippen MR) is 114 cm³/mol. The Labute approximate surface area is 172 Å². The average molecular weight is 560 g/mol. The standard InChI is InChI=1S/C18H14I2N2O3/c1-2-24-17-13(19)7-11(8-14(17)20)10-21-22-18(23)16-9-12-5-3-4-6-15(12)25-16/h3-10H,2H2,1H3,(H,22,23)/b21-10+. The van der Waals surface area contributed by atoms with Gasteiger partial charge in [-0.05, 0) is 81.9 Å². The molecule has 0 aliphatic carbocycles. The SMILES string of the molecule is CCOc1c(I)cc(/C=N/NC(=O)c2cc3ccccc3o2)cc1I. The summed E-state index contributed by atoms with van der Waals surface area (Å²) in [5, 5.41) is 4.90. The molecule has 2 aromatic carbocycles. The van der Waals surface area contributed by atoms with E-state index in [9.17, 15) is 4.79 Å². The first-order valence-corrected chi connectivity index (χ1v) is 9.68. The minimum absolute atomic E-state index is 0.231. The smallest absolute Gasteiger partial charge is 0.307 e. The van der Waals surface area contributed by atoms with Crippen LogP contribution in [-0.2, 0) is 0 Å². The number of amides is 1. The van der Waals surface area contributed by atoms with Gasteiger partial charge in [0.1, 0.15) is 11.3 Å². The number of furan rings is 1. The van der Waals surface area contributed by atoms with Gasteiger partial charge in [0.05, 0.1) is 20.0 Å². The van der Waals surface area contributed by atoms with E-state index in [1.807, 2.05) is 43.3 Å². The summed E-state index contributed by atoms with van der Waals surface area (Å²) in [5.74, 6) is 0.712. The molecule has 0 saturated carbocycles. The first-order chi connectivity index (χ1) is 12.1. The molecule has 1 aromatic heterocycles. The molecule has 0 bridgehead atoms. The van der Waals surface area contributed by atoms with E-state index in [1.54, 1.807) is 12.3 Å². The molecule has 1 heterocycles. The lowest BCUT2D eigenvalue weighted by Gasteiger charge is -2.09. The van der Waals surface area contributed by atoms with E-state index in [0.29, 0.717) is 12.2 Å². The van der Waals surface area contributed by atoms with Crippen molar-refractivity contribution in [1.82, 2.24) is 5.43 Å². The fraction of sp³-hybridized carbons (Fsp3) is 0.111. The molecule has 7 heteroatoms. The Morgan fingerprint density at radius 3 is 2.64 bits per heavy atom. The monoisotopic (exact) mass is 560 g/mol. The van der Waals surface area contributed by atoms with E-state index in [2.05, 4.69) is 55.7 Å². The zero-order valence-corrected chi connectivity index (χ0v) is 17.6. The first-order valence-electron chi connectivity index (χ1n) is 7.52. The van der Waals surface area contributed by atoms with Crippen LogP contribution in [-0.4, -0.2) is 18.7 Å². The molecule has 25 heavy (non-hydrogen) atoms. The van der Waals surface area contributed by atoms with E-state index in [4.69, 9.17) is 9.15 Å². The lowest BCUT2D eigenvalue weighted by Crippen LogP contribution is -2.16. The second kappa shape index (κ2) is 8.17. The Balaban J connectivity index is 1.71. The van der Waals surface area contributed by atoms with E-state index < -0.39 is 0 Å². The number of hydrazone groups is 1. The number of nitrogens with zero attached hydrogens (tertiary/aromatic N) is 1. The molecule has 128 valence electrons. The van der Waals surface area contributed by atoms with Crippen LogP contribution in [0.3, 0.4) is 0 Å². The van der Waals surface area contributed by atoms with Crippen LogP contribution >= 0.6 is 45.2 Å². The maximum absolute atomic E-state index is 12.1. The van der Waals surface area contributed by atoms with Gasteiger partial charge in [0, 0.05) is 5.39 Å². The molecule has 5 nitrogen and oxygen atoms in total. The Hall–Kier alpha value is -1.62. The fourth-order valence-corrected chi connectivity index (χ4v) is 4.38. The van der Waals surface area contributed by atoms with Crippen molar-refractivity contribution >= 4 is 68.3 Å². The van der Waals surface area contributed by atoms with E-state index in [0.717, 1.165) is 23.8 Å². The zero-order chi connectivity index (χ0) is 17.8. The van der Waals surface area contributed by atoms with Gasteiger partial charge in [-0.2, -0.15) is 5.10 Å². The fourth-order valence-electron chi connectivity index (χ4n) is 2.25. The molecule has 0 spiro atoms. The van der Waals surface area contributed by atoms with Crippen LogP contribution in [0.2, 0.25) is 0 Å². The molecule has 0 radical (unpaired) electrons. The van der Waals surface area contributed by atoms with Gasteiger partial charge in [0.2, 0.25) is 0 Å². The summed E-state index contributed by atoms with van der Waals surface area (Å²) < 4.78 is 13.1. The average Bonchev–Trinajstić information content (AvgIpc) is 3.02. The minimum atomic E-state index is -0.386. The van der Waals surface area contributed by atoms with Crippen LogP contribution in [0.25, 0.3) is 11.0 Å². The number of hydrogen-bond acceptors (Lipinski definition) is 4. The number of benzene rings is 2. The zero-order valence-electron chi connectivity index (χ0n) is 13.3. The van der Waals surface area contributed by atoms with Gasteiger partial charge >= 0.3 is 5.91 Å². The first kappa shape index (κ1) is 18.2. The van der Waals surface area contributed by atoms with E-state index in [1.165, 1.54) is 0 Å². The van der Waals surface area contributed by atoms with Crippen molar-refractivity contribution < 1.29 is 13.9 Å². The molecule has 0 fully saturated rings. The molecule has 1 amide bonds. The quantitative estimate of drug-likeness (QED) is 0.277. The molecular formula is C18H14I2N2O3. The summed E-state index contributed by atoms with van der Waals surface area (Å²) in [4.78, 5) is 12.1. The van der Waals surface area contributed by atoms with Gasteiger partial charge in [-0.15, -0.1) is 0 Å². The van der Waals surface area contributed by atoms with Crippen LogP contribution in [0.15, 0.2) is 52.0 Å². The van der Waals surface area contributed by atoms with Crippen molar-refractivity contribution in [2.24, 2.45) is 5.10 Å². The van der Waals surface area contributed by atoms with Crippen molar-refractivity contribution in [1.29, 1.82) is 0 Å². The number of ether oxygens (including phenoxy) is 1. The molecule has 0 aliphatic rings. The van der Waals surface area contributed by atoms with Crippen LogP contribution < -0.4 is 10.2 Å². The van der Waals surface area contributed by atoms with Crippen molar-refractivity contribution in [3.05, 3.63) is 60.9 Å². The van der Waals surface area contributed by atoms with E-state index in [-0.39, 0.29) is 11.7 Å². The van der Waals surface area contributed by atoms with Crippen molar-refractivity contribution in [2.45, 2.75) is 6.92 Å². The molecule has 0 aliphatic heterocycles. The Morgan fingerprint density at radius 1 is 1.24 bits per heavy atom. The van der Waals surface area contributed by atoms with Gasteiger partial charge in [-0.25, -0.2) is 5.43 Å². The number of carbonyl (C=O) groups is 1. The maximum Gasteiger partial charge on any atom is 0.307 e. The number of halogens is 2. The number of hydrogen-bond donors (Lipinski definition) is 1. The molecule has 3 rings (SSSR count). The molecular weight excluding hydrogens is 546 g/mol. The molecule has 0 atom stereocenters. The summed E-state index contributed by atoms with van der Waals surface area (Å²) in [7, 11) is 0. The number of nitrogens with one attached hydrogen (secondary N) is 1. The summed E-state index contributed by atoms with van der Waals surface area (Å²) in [6, 6.07) is 13.1. The Bertz CT molecular complexity index is 894. The largest absolute Gasteiger partial charge is 0.492 e. The summed E-state index contributed by atoms with van der Waals surface area (Å²) in [5.41, 5.74) is 4.04. The lowest BCUT2D eigenvalue weighted by atomic mass is 10.2. The van der Waals surface area contributed by atoms with Crippen LogP contribution in [0.4, 0.5) is 0 Å². The summed E-state index contributed by atoms with van der Waals surface area (Å²) in [6.45, 7) is 2.57. The highest BCUT2D eigenvalue weighted by Gasteiger charge is 2.11. The van der Waals surface area contributed by atoms with Crippen LogP contribution in [0.1, 0.15) is 23.0 Å². The number of carbonyl (C=O) groups excluding carboxylic acids is 1. The summed E-state index contributed by atoms with van der Waals surface area (Å²) in [6.07, 6.45) is 1.60. The van der Waals surface area contributed by atoms with Gasteiger partial charge in [-0.3, -0.25) is 4.79 Å². The van der Waals surface area contributed by atoms with Gasteiger partial charge in [0.25, 0.3) is 0 Å². The third kappa shape index (κ3) is 4.32. The second-order valence-electron chi connectivity index (χ2n) is 5.09. The third-order valence-corrected chi connectivity index (χ3v) is 4.94.